The number of aromatic hydroxyl groups is 1. The van der Waals surface area contributed by atoms with Crippen molar-refractivity contribution in [1.29, 1.82) is 5.41 Å². The Morgan fingerprint density at radius 1 is 1.33 bits per heavy atom. The first-order valence-corrected chi connectivity index (χ1v) is 3.54. The molecule has 0 radical (unpaired) electrons. The van der Waals surface area contributed by atoms with E-state index >= 15 is 0 Å². The predicted molar refractivity (Wildman–Crippen MR) is 45.8 cm³/mol. The molecule has 0 amide bonds. The average Bonchev–Trinajstić information content (AvgIpc) is 2.44. The van der Waals surface area contributed by atoms with E-state index in [-0.39, 0.29) is 11.5 Å². The minimum atomic E-state index is 0.0422. The van der Waals surface area contributed by atoms with Crippen molar-refractivity contribution in [2.75, 3.05) is 0 Å². The highest BCUT2D eigenvalue weighted by atomic mass is 16.4. The maximum Gasteiger partial charge on any atom is 0.187 e. The molecule has 0 aliphatic rings. The minimum Gasteiger partial charge on any atom is -0.504 e. The Balaban J connectivity index is 2.87. The molecular formula is C9H7NO2. The number of rotatable bonds is 1. The Bertz CT molecular complexity index is 431. The van der Waals surface area contributed by atoms with Gasteiger partial charge in [-0.25, -0.2) is 0 Å². The SMILES string of the molecule is N=Cc1oc2ccccc2c1O. The van der Waals surface area contributed by atoms with E-state index in [2.05, 4.69) is 0 Å². The van der Waals surface area contributed by atoms with Crippen molar-refractivity contribution >= 4 is 17.2 Å². The monoisotopic (exact) mass is 161 g/mol. The van der Waals surface area contributed by atoms with Gasteiger partial charge in [-0.1, -0.05) is 12.1 Å². The lowest BCUT2D eigenvalue weighted by Gasteiger charge is -1.84. The lowest BCUT2D eigenvalue weighted by molar-refractivity contribution is 0.462. The van der Waals surface area contributed by atoms with Crippen LogP contribution in [-0.2, 0) is 0 Å². The first kappa shape index (κ1) is 6.91. The molecule has 0 saturated heterocycles. The van der Waals surface area contributed by atoms with Crippen LogP contribution in [0.15, 0.2) is 28.7 Å². The third-order valence-electron chi connectivity index (χ3n) is 1.73. The van der Waals surface area contributed by atoms with Crippen molar-refractivity contribution in [3.63, 3.8) is 0 Å². The summed E-state index contributed by atoms with van der Waals surface area (Å²) in [6, 6.07) is 7.13. The summed E-state index contributed by atoms with van der Waals surface area (Å²) in [5.74, 6) is 0.247. The van der Waals surface area contributed by atoms with Crippen LogP contribution in [0.3, 0.4) is 0 Å². The lowest BCUT2D eigenvalue weighted by atomic mass is 10.2. The predicted octanol–water partition coefficient (Wildman–Crippen LogP) is 2.14. The molecule has 0 spiro atoms. The largest absolute Gasteiger partial charge is 0.504 e. The van der Waals surface area contributed by atoms with Gasteiger partial charge in [0.25, 0.3) is 0 Å². The van der Waals surface area contributed by atoms with Crippen molar-refractivity contribution < 1.29 is 9.52 Å². The molecule has 60 valence electrons. The molecule has 1 aromatic carbocycles. The van der Waals surface area contributed by atoms with Gasteiger partial charge < -0.3 is 14.9 Å². The standard InChI is InChI=1S/C9H7NO2/c10-5-8-9(11)6-3-1-2-4-7(6)12-8/h1-5,10-11H. The van der Waals surface area contributed by atoms with Gasteiger partial charge in [0.2, 0.25) is 0 Å². The molecule has 0 aliphatic carbocycles. The van der Waals surface area contributed by atoms with Crippen LogP contribution in [0, 0.1) is 5.41 Å². The Hall–Kier alpha value is -1.77. The van der Waals surface area contributed by atoms with Gasteiger partial charge in [0.05, 0.1) is 11.6 Å². The summed E-state index contributed by atoms with van der Waals surface area (Å²) in [5.41, 5.74) is 0.605. The van der Waals surface area contributed by atoms with Crippen molar-refractivity contribution in [2.24, 2.45) is 0 Å². The van der Waals surface area contributed by atoms with Crippen molar-refractivity contribution in [1.82, 2.24) is 0 Å². The third-order valence-corrected chi connectivity index (χ3v) is 1.73. The molecule has 12 heavy (non-hydrogen) atoms. The van der Waals surface area contributed by atoms with E-state index < -0.39 is 0 Å². The summed E-state index contributed by atoms with van der Waals surface area (Å²) in [6.07, 6.45) is 0.995. The molecule has 0 aliphatic heterocycles. The number of hydrogen-bond acceptors (Lipinski definition) is 3. The van der Waals surface area contributed by atoms with Gasteiger partial charge in [-0.2, -0.15) is 0 Å². The van der Waals surface area contributed by atoms with E-state index in [4.69, 9.17) is 9.83 Å². The summed E-state index contributed by atoms with van der Waals surface area (Å²) >= 11 is 0. The average molecular weight is 161 g/mol. The molecule has 2 rings (SSSR count). The fraction of sp³-hybridized carbons (Fsp3) is 0. The van der Waals surface area contributed by atoms with Crippen molar-refractivity contribution in [3.8, 4) is 5.75 Å². The lowest BCUT2D eigenvalue weighted by Crippen LogP contribution is -1.70. The molecule has 0 atom stereocenters. The second kappa shape index (κ2) is 2.37. The summed E-state index contributed by atoms with van der Waals surface area (Å²) in [5, 5.41) is 17.0. The van der Waals surface area contributed by atoms with Gasteiger partial charge in [0, 0.05) is 0 Å². The van der Waals surface area contributed by atoms with Crippen molar-refractivity contribution in [3.05, 3.63) is 30.0 Å². The van der Waals surface area contributed by atoms with Crippen LogP contribution >= 0.6 is 0 Å². The van der Waals surface area contributed by atoms with Gasteiger partial charge in [0.1, 0.15) is 5.58 Å². The molecule has 0 fully saturated rings. The van der Waals surface area contributed by atoms with Crippen LogP contribution in [0.2, 0.25) is 0 Å². The van der Waals surface area contributed by atoms with Gasteiger partial charge in [-0.05, 0) is 12.1 Å². The Morgan fingerprint density at radius 3 is 2.75 bits per heavy atom. The van der Waals surface area contributed by atoms with Gasteiger partial charge in [-0.15, -0.1) is 0 Å². The first-order valence-electron chi connectivity index (χ1n) is 3.54. The van der Waals surface area contributed by atoms with Gasteiger partial charge in [-0.3, -0.25) is 0 Å². The quantitative estimate of drug-likeness (QED) is 0.629. The fourth-order valence-electron chi connectivity index (χ4n) is 1.15. The number of fused-ring (bicyclic) bond motifs is 1. The zero-order chi connectivity index (χ0) is 8.55. The van der Waals surface area contributed by atoms with E-state index in [1.54, 1.807) is 12.1 Å². The Kier molecular flexibility index (Phi) is 1.37. The normalized spacial score (nSPS) is 10.3. The van der Waals surface area contributed by atoms with E-state index in [1.165, 1.54) is 0 Å². The number of hydrogen-bond donors (Lipinski definition) is 2. The molecule has 3 heteroatoms. The zero-order valence-electron chi connectivity index (χ0n) is 6.24. The number of nitrogens with one attached hydrogen (secondary N) is 1. The van der Waals surface area contributed by atoms with Crippen LogP contribution in [-0.4, -0.2) is 11.3 Å². The molecular weight excluding hydrogens is 154 g/mol. The first-order chi connectivity index (χ1) is 5.83. The summed E-state index contributed by atoms with van der Waals surface area (Å²) < 4.78 is 5.15. The molecule has 2 N–H and O–H groups in total. The molecule has 0 bridgehead atoms. The highest BCUT2D eigenvalue weighted by Gasteiger charge is 2.09. The summed E-state index contributed by atoms with van der Waals surface area (Å²) in [6.45, 7) is 0. The molecule has 0 saturated carbocycles. The van der Waals surface area contributed by atoms with Crippen LogP contribution in [0.5, 0.6) is 5.75 Å². The molecule has 3 nitrogen and oxygen atoms in total. The van der Waals surface area contributed by atoms with E-state index in [1.807, 2.05) is 12.1 Å². The van der Waals surface area contributed by atoms with Crippen LogP contribution < -0.4 is 0 Å². The highest BCUT2D eigenvalue weighted by Crippen LogP contribution is 2.29. The Morgan fingerprint density at radius 2 is 2.08 bits per heavy atom. The van der Waals surface area contributed by atoms with Crippen LogP contribution in [0.1, 0.15) is 5.76 Å². The second-order valence-corrected chi connectivity index (χ2v) is 2.46. The summed E-state index contributed by atoms with van der Waals surface area (Å²) in [7, 11) is 0. The van der Waals surface area contributed by atoms with E-state index in [9.17, 15) is 5.11 Å². The third kappa shape index (κ3) is 0.797. The second-order valence-electron chi connectivity index (χ2n) is 2.46. The van der Waals surface area contributed by atoms with E-state index in [0.717, 1.165) is 6.21 Å². The number of benzene rings is 1. The molecule has 1 heterocycles. The smallest absolute Gasteiger partial charge is 0.187 e. The molecule has 1 aromatic heterocycles. The highest BCUT2D eigenvalue weighted by molar-refractivity contribution is 5.93. The van der Waals surface area contributed by atoms with Crippen LogP contribution in [0.25, 0.3) is 11.0 Å². The molecule has 0 unspecified atom stereocenters. The van der Waals surface area contributed by atoms with Crippen LogP contribution in [0.4, 0.5) is 0 Å². The summed E-state index contributed by atoms with van der Waals surface area (Å²) in [4.78, 5) is 0. The minimum absolute atomic E-state index is 0.0422. The van der Waals surface area contributed by atoms with Crippen molar-refractivity contribution in [2.45, 2.75) is 0 Å². The zero-order valence-corrected chi connectivity index (χ0v) is 6.24. The number of furan rings is 1. The maximum absolute atomic E-state index is 9.44. The van der Waals surface area contributed by atoms with Gasteiger partial charge >= 0.3 is 0 Å². The number of para-hydroxylation sites is 1. The van der Waals surface area contributed by atoms with Gasteiger partial charge in [0.15, 0.2) is 11.5 Å². The van der Waals surface area contributed by atoms with E-state index in [0.29, 0.717) is 11.0 Å². The Labute approximate surface area is 68.8 Å². The fourth-order valence-corrected chi connectivity index (χ4v) is 1.15. The maximum atomic E-state index is 9.44. The molecule has 2 aromatic rings. The topological polar surface area (TPSA) is 57.2 Å².